The SMILES string of the molecule is O=C(C[S@](=O)Cc1cnn(-c2ccccc2)c1-n1cccc1)NCCc1cccs1. The van der Waals surface area contributed by atoms with E-state index in [-0.39, 0.29) is 17.4 Å². The Labute approximate surface area is 181 Å². The molecule has 1 amide bonds. The van der Waals surface area contributed by atoms with Crippen molar-refractivity contribution in [2.75, 3.05) is 12.3 Å². The molecule has 8 heteroatoms. The van der Waals surface area contributed by atoms with Gasteiger partial charge in [0.2, 0.25) is 5.91 Å². The number of para-hydroxylation sites is 1. The fourth-order valence-electron chi connectivity index (χ4n) is 3.19. The topological polar surface area (TPSA) is 68.9 Å². The maximum atomic E-state index is 12.7. The summed E-state index contributed by atoms with van der Waals surface area (Å²) in [6, 6.07) is 17.7. The van der Waals surface area contributed by atoms with Gasteiger partial charge in [-0.2, -0.15) is 5.10 Å². The number of hydrogen-bond donors (Lipinski definition) is 1. The van der Waals surface area contributed by atoms with Crippen LogP contribution >= 0.6 is 11.3 Å². The molecule has 0 bridgehead atoms. The van der Waals surface area contributed by atoms with E-state index >= 15 is 0 Å². The zero-order valence-corrected chi connectivity index (χ0v) is 17.9. The molecule has 0 aliphatic heterocycles. The number of nitrogens with zero attached hydrogens (tertiary/aromatic N) is 3. The Morgan fingerprint density at radius 2 is 1.87 bits per heavy atom. The molecule has 6 nitrogen and oxygen atoms in total. The Morgan fingerprint density at radius 3 is 2.60 bits per heavy atom. The molecule has 0 spiro atoms. The second-order valence-corrected chi connectivity index (χ2v) is 9.23. The number of nitrogens with one attached hydrogen (secondary N) is 1. The van der Waals surface area contributed by atoms with E-state index in [1.165, 1.54) is 4.88 Å². The van der Waals surface area contributed by atoms with Crippen molar-refractivity contribution in [3.8, 4) is 11.5 Å². The lowest BCUT2D eigenvalue weighted by molar-refractivity contribution is -0.118. The van der Waals surface area contributed by atoms with Gasteiger partial charge in [-0.15, -0.1) is 11.3 Å². The standard InChI is InChI=1S/C22H22N4O2S2/c27-21(23-11-10-20-9-6-14-29-20)17-30(28)16-18-15-24-26(19-7-2-1-3-8-19)22(18)25-12-4-5-13-25/h1-9,12-15H,10-11,16-17H2,(H,23,27)/t30-/m1/s1. The first-order valence-corrected chi connectivity index (χ1v) is 12.0. The van der Waals surface area contributed by atoms with Crippen LogP contribution in [0.25, 0.3) is 11.5 Å². The molecule has 154 valence electrons. The van der Waals surface area contributed by atoms with Gasteiger partial charge in [-0.3, -0.25) is 9.00 Å². The van der Waals surface area contributed by atoms with E-state index in [0.717, 1.165) is 23.5 Å². The number of thiophene rings is 1. The second kappa shape index (κ2) is 9.69. The summed E-state index contributed by atoms with van der Waals surface area (Å²) in [5.41, 5.74) is 1.75. The molecule has 30 heavy (non-hydrogen) atoms. The summed E-state index contributed by atoms with van der Waals surface area (Å²) in [5.74, 6) is 0.880. The molecule has 0 saturated heterocycles. The molecule has 1 N–H and O–H groups in total. The van der Waals surface area contributed by atoms with Crippen molar-refractivity contribution >= 4 is 28.0 Å². The third-order valence-electron chi connectivity index (χ3n) is 4.55. The lowest BCUT2D eigenvalue weighted by atomic mass is 10.3. The van der Waals surface area contributed by atoms with Gasteiger partial charge in [0.15, 0.2) is 0 Å². The summed E-state index contributed by atoms with van der Waals surface area (Å²) in [5, 5.41) is 9.39. The molecule has 3 aromatic heterocycles. The third-order valence-corrected chi connectivity index (χ3v) is 6.70. The van der Waals surface area contributed by atoms with E-state index in [2.05, 4.69) is 10.4 Å². The minimum atomic E-state index is -1.33. The molecule has 4 aromatic rings. The second-order valence-electron chi connectivity index (χ2n) is 6.74. The first-order chi connectivity index (χ1) is 14.7. The van der Waals surface area contributed by atoms with Gasteiger partial charge in [-0.25, -0.2) is 4.68 Å². The molecular formula is C22H22N4O2S2. The first-order valence-electron chi connectivity index (χ1n) is 9.60. The number of aromatic nitrogens is 3. The van der Waals surface area contributed by atoms with Gasteiger partial charge in [0.05, 0.1) is 17.6 Å². The summed E-state index contributed by atoms with van der Waals surface area (Å²) < 4.78 is 16.5. The lowest BCUT2D eigenvalue weighted by Crippen LogP contribution is -2.30. The van der Waals surface area contributed by atoms with Crippen LogP contribution in [0.4, 0.5) is 0 Å². The van der Waals surface area contributed by atoms with Crippen LogP contribution in [0.5, 0.6) is 0 Å². The first kappa shape index (κ1) is 20.3. The molecule has 0 unspecified atom stereocenters. The Morgan fingerprint density at radius 1 is 1.07 bits per heavy atom. The van der Waals surface area contributed by atoms with E-state index in [0.29, 0.717) is 6.54 Å². The van der Waals surface area contributed by atoms with E-state index in [9.17, 15) is 9.00 Å². The fourth-order valence-corrected chi connectivity index (χ4v) is 4.94. The summed E-state index contributed by atoms with van der Waals surface area (Å²) in [6.45, 7) is 0.553. The average molecular weight is 439 g/mol. The summed E-state index contributed by atoms with van der Waals surface area (Å²) in [6.07, 6.45) is 6.38. The van der Waals surface area contributed by atoms with Crippen molar-refractivity contribution in [3.63, 3.8) is 0 Å². The Kier molecular flexibility index (Phi) is 6.56. The van der Waals surface area contributed by atoms with Crippen LogP contribution in [0, 0.1) is 0 Å². The van der Waals surface area contributed by atoms with Crippen LogP contribution in [0.1, 0.15) is 10.4 Å². The van der Waals surface area contributed by atoms with Gasteiger partial charge in [0.1, 0.15) is 11.6 Å². The Balaban J connectivity index is 1.43. The van der Waals surface area contributed by atoms with Gasteiger partial charge in [0.25, 0.3) is 0 Å². The highest BCUT2D eigenvalue weighted by Crippen LogP contribution is 2.21. The van der Waals surface area contributed by atoms with E-state index in [1.807, 2.05) is 81.6 Å². The maximum absolute atomic E-state index is 12.7. The number of amides is 1. The maximum Gasteiger partial charge on any atom is 0.232 e. The van der Waals surface area contributed by atoms with Crippen LogP contribution in [0.2, 0.25) is 0 Å². The highest BCUT2D eigenvalue weighted by Gasteiger charge is 2.17. The van der Waals surface area contributed by atoms with E-state index in [1.54, 1.807) is 17.5 Å². The molecule has 4 rings (SSSR count). The van der Waals surface area contributed by atoms with Crippen molar-refractivity contribution in [3.05, 3.63) is 89.0 Å². The molecule has 0 aliphatic rings. The zero-order chi connectivity index (χ0) is 20.8. The van der Waals surface area contributed by atoms with Crippen LogP contribution in [0.15, 0.2) is 78.6 Å². The molecule has 1 aromatic carbocycles. The van der Waals surface area contributed by atoms with Crippen molar-refractivity contribution in [2.24, 2.45) is 0 Å². The summed E-state index contributed by atoms with van der Waals surface area (Å²) >= 11 is 1.67. The minimum Gasteiger partial charge on any atom is -0.355 e. The number of carbonyl (C=O) groups excluding carboxylic acids is 1. The lowest BCUT2D eigenvalue weighted by Gasteiger charge is -2.11. The van der Waals surface area contributed by atoms with Crippen molar-refractivity contribution in [1.29, 1.82) is 0 Å². The highest BCUT2D eigenvalue weighted by molar-refractivity contribution is 7.84. The monoisotopic (exact) mass is 438 g/mol. The van der Waals surface area contributed by atoms with Gasteiger partial charge >= 0.3 is 0 Å². The van der Waals surface area contributed by atoms with Crippen LogP contribution in [0.3, 0.4) is 0 Å². The van der Waals surface area contributed by atoms with Crippen molar-refractivity contribution < 1.29 is 9.00 Å². The number of carbonyl (C=O) groups is 1. The van der Waals surface area contributed by atoms with Crippen molar-refractivity contribution in [2.45, 2.75) is 12.2 Å². The van der Waals surface area contributed by atoms with Gasteiger partial charge in [0, 0.05) is 40.2 Å². The quantitative estimate of drug-likeness (QED) is 0.436. The van der Waals surface area contributed by atoms with E-state index in [4.69, 9.17) is 0 Å². The predicted octanol–water partition coefficient (Wildman–Crippen LogP) is 3.33. The Bertz CT molecular complexity index is 1100. The van der Waals surface area contributed by atoms with Gasteiger partial charge in [-0.05, 0) is 42.1 Å². The molecule has 1 atom stereocenters. The van der Waals surface area contributed by atoms with Gasteiger partial charge in [-0.1, -0.05) is 24.3 Å². The minimum absolute atomic E-state index is 0.0217. The molecule has 0 radical (unpaired) electrons. The van der Waals surface area contributed by atoms with Crippen LogP contribution in [-0.2, 0) is 27.8 Å². The third kappa shape index (κ3) is 4.95. The number of hydrogen-bond acceptors (Lipinski definition) is 4. The number of benzene rings is 1. The van der Waals surface area contributed by atoms with Gasteiger partial charge < -0.3 is 9.88 Å². The van der Waals surface area contributed by atoms with E-state index < -0.39 is 10.8 Å². The Hall–Kier alpha value is -2.97. The molecule has 0 saturated carbocycles. The molecule has 0 aliphatic carbocycles. The predicted molar refractivity (Wildman–Crippen MR) is 121 cm³/mol. The average Bonchev–Trinajstić information content (AvgIpc) is 3.50. The largest absolute Gasteiger partial charge is 0.355 e. The van der Waals surface area contributed by atoms with Crippen LogP contribution in [-0.4, -0.2) is 36.8 Å². The smallest absolute Gasteiger partial charge is 0.232 e. The van der Waals surface area contributed by atoms with Crippen molar-refractivity contribution in [1.82, 2.24) is 19.7 Å². The summed E-state index contributed by atoms with van der Waals surface area (Å²) in [4.78, 5) is 13.4. The number of rotatable bonds is 9. The fraction of sp³-hybridized carbons (Fsp3) is 0.182. The highest BCUT2D eigenvalue weighted by atomic mass is 32.2. The zero-order valence-electron chi connectivity index (χ0n) is 16.3. The molecule has 0 fully saturated rings. The molecule has 3 heterocycles. The molecular weight excluding hydrogens is 416 g/mol. The normalized spacial score (nSPS) is 12.0. The summed E-state index contributed by atoms with van der Waals surface area (Å²) in [7, 11) is -1.33. The van der Waals surface area contributed by atoms with Crippen LogP contribution < -0.4 is 5.32 Å².